The smallest absolute Gasteiger partial charge is 0.106 e. The van der Waals surface area contributed by atoms with E-state index in [1.165, 1.54) is 14.2 Å². The number of hydrogen-bond donors (Lipinski definition) is 0. The quantitative estimate of drug-likeness (QED) is 0.545. The van der Waals surface area contributed by atoms with Crippen molar-refractivity contribution >= 4 is 12.4 Å². The summed E-state index contributed by atoms with van der Waals surface area (Å²) in [5.74, 6) is 0. The average Bonchev–Trinajstić information content (AvgIpc) is 2.28. The van der Waals surface area contributed by atoms with E-state index in [0.717, 1.165) is 11.1 Å². The topological polar surface area (TPSA) is 43.2 Å². The molecule has 1 rings (SSSR count). The van der Waals surface area contributed by atoms with Gasteiger partial charge < -0.3 is 9.68 Å². The standard InChI is InChI=1S/C11H14N2O2/c1-14-12-8-7-10-5-3-4-6-11(10)9-13-15-2/h3-6,8-9H,7H2,1-2H3/b12-8+,13-9-. The average molecular weight is 206 g/mol. The molecule has 1 aromatic carbocycles. The van der Waals surface area contributed by atoms with E-state index in [1.54, 1.807) is 12.4 Å². The van der Waals surface area contributed by atoms with Gasteiger partial charge in [-0.3, -0.25) is 0 Å². The zero-order valence-electron chi connectivity index (χ0n) is 8.88. The van der Waals surface area contributed by atoms with E-state index in [1.807, 2.05) is 24.3 Å². The summed E-state index contributed by atoms with van der Waals surface area (Å²) >= 11 is 0. The fourth-order valence-corrected chi connectivity index (χ4v) is 1.17. The van der Waals surface area contributed by atoms with Crippen LogP contribution in [0, 0.1) is 0 Å². The molecule has 0 heterocycles. The van der Waals surface area contributed by atoms with E-state index >= 15 is 0 Å². The van der Waals surface area contributed by atoms with Crippen LogP contribution in [-0.2, 0) is 16.1 Å². The monoisotopic (exact) mass is 206 g/mol. The third-order valence-electron chi connectivity index (χ3n) is 1.84. The molecule has 4 heteroatoms. The van der Waals surface area contributed by atoms with Crippen LogP contribution in [0.15, 0.2) is 34.6 Å². The van der Waals surface area contributed by atoms with Gasteiger partial charge in [-0.2, -0.15) is 0 Å². The first-order chi connectivity index (χ1) is 7.38. The summed E-state index contributed by atoms with van der Waals surface area (Å²) in [6.07, 6.45) is 4.09. The van der Waals surface area contributed by atoms with Crippen molar-refractivity contribution in [3.8, 4) is 0 Å². The van der Waals surface area contributed by atoms with Crippen LogP contribution in [-0.4, -0.2) is 26.6 Å². The molecule has 0 unspecified atom stereocenters. The number of hydrogen-bond acceptors (Lipinski definition) is 4. The van der Waals surface area contributed by atoms with Crippen molar-refractivity contribution in [1.82, 2.24) is 0 Å². The number of nitrogens with zero attached hydrogens (tertiary/aromatic N) is 2. The van der Waals surface area contributed by atoms with E-state index in [2.05, 4.69) is 20.0 Å². The molecule has 0 aliphatic carbocycles. The van der Waals surface area contributed by atoms with Crippen molar-refractivity contribution in [3.63, 3.8) is 0 Å². The van der Waals surface area contributed by atoms with Crippen LogP contribution in [0.25, 0.3) is 0 Å². The highest BCUT2D eigenvalue weighted by molar-refractivity contribution is 5.82. The van der Waals surface area contributed by atoms with Gasteiger partial charge in [0.05, 0.1) is 6.21 Å². The molecule has 0 spiro atoms. The molecule has 0 aliphatic rings. The van der Waals surface area contributed by atoms with Crippen molar-refractivity contribution in [3.05, 3.63) is 35.4 Å². The second-order valence-corrected chi connectivity index (χ2v) is 2.79. The summed E-state index contributed by atoms with van der Waals surface area (Å²) in [6.45, 7) is 0. The molecular formula is C11H14N2O2. The van der Waals surface area contributed by atoms with Gasteiger partial charge in [0.15, 0.2) is 0 Å². The first kappa shape index (κ1) is 11.2. The summed E-state index contributed by atoms with van der Waals surface area (Å²) in [4.78, 5) is 9.23. The maximum absolute atomic E-state index is 4.64. The van der Waals surface area contributed by atoms with Gasteiger partial charge in [-0.05, 0) is 11.1 Å². The molecule has 0 fully saturated rings. The minimum Gasteiger partial charge on any atom is -0.399 e. The minimum atomic E-state index is 0.708. The molecule has 80 valence electrons. The first-order valence-electron chi connectivity index (χ1n) is 4.58. The molecule has 0 aromatic heterocycles. The Morgan fingerprint density at radius 2 is 1.87 bits per heavy atom. The lowest BCUT2D eigenvalue weighted by Crippen LogP contribution is -1.94. The number of oxime groups is 2. The van der Waals surface area contributed by atoms with Crippen LogP contribution in [0.1, 0.15) is 11.1 Å². The fraction of sp³-hybridized carbons (Fsp3) is 0.273. The molecule has 1 aromatic rings. The largest absolute Gasteiger partial charge is 0.399 e. The van der Waals surface area contributed by atoms with Crippen molar-refractivity contribution in [2.45, 2.75) is 6.42 Å². The summed E-state index contributed by atoms with van der Waals surface area (Å²) in [5.41, 5.74) is 2.14. The van der Waals surface area contributed by atoms with Crippen LogP contribution in [0.5, 0.6) is 0 Å². The Hall–Kier alpha value is -1.84. The van der Waals surface area contributed by atoms with Crippen LogP contribution in [0.2, 0.25) is 0 Å². The Bertz CT molecular complexity index is 348. The van der Waals surface area contributed by atoms with Crippen LogP contribution in [0.3, 0.4) is 0 Å². The second-order valence-electron chi connectivity index (χ2n) is 2.79. The van der Waals surface area contributed by atoms with Gasteiger partial charge in [-0.15, -0.1) is 0 Å². The minimum absolute atomic E-state index is 0.708. The third-order valence-corrected chi connectivity index (χ3v) is 1.84. The molecule has 0 N–H and O–H groups in total. The Kier molecular flexibility index (Phi) is 4.94. The van der Waals surface area contributed by atoms with Crippen LogP contribution < -0.4 is 0 Å². The molecule has 0 bridgehead atoms. The molecule has 4 nitrogen and oxygen atoms in total. The Labute approximate surface area is 89.2 Å². The zero-order chi connectivity index (χ0) is 10.9. The highest BCUT2D eigenvalue weighted by Gasteiger charge is 1.97. The normalized spacial score (nSPS) is 11.1. The van der Waals surface area contributed by atoms with Gasteiger partial charge in [-0.25, -0.2) is 0 Å². The Morgan fingerprint density at radius 3 is 2.60 bits per heavy atom. The van der Waals surface area contributed by atoms with Gasteiger partial charge in [0.2, 0.25) is 0 Å². The Balaban J connectivity index is 2.76. The molecule has 0 radical (unpaired) electrons. The van der Waals surface area contributed by atoms with Gasteiger partial charge in [0, 0.05) is 12.6 Å². The predicted octanol–water partition coefficient (Wildman–Crippen LogP) is 1.84. The fourth-order valence-electron chi connectivity index (χ4n) is 1.17. The molecular weight excluding hydrogens is 192 g/mol. The van der Waals surface area contributed by atoms with Crippen molar-refractivity contribution in [1.29, 1.82) is 0 Å². The van der Waals surface area contributed by atoms with Crippen LogP contribution in [0.4, 0.5) is 0 Å². The van der Waals surface area contributed by atoms with E-state index in [4.69, 9.17) is 0 Å². The number of benzene rings is 1. The highest BCUT2D eigenvalue weighted by Crippen LogP contribution is 2.06. The molecule has 0 saturated heterocycles. The lowest BCUT2D eigenvalue weighted by Gasteiger charge is -2.00. The van der Waals surface area contributed by atoms with E-state index in [9.17, 15) is 0 Å². The van der Waals surface area contributed by atoms with Gasteiger partial charge >= 0.3 is 0 Å². The maximum atomic E-state index is 4.64. The second kappa shape index (κ2) is 6.59. The maximum Gasteiger partial charge on any atom is 0.106 e. The highest BCUT2D eigenvalue weighted by atomic mass is 16.6. The van der Waals surface area contributed by atoms with E-state index in [0.29, 0.717) is 6.42 Å². The lowest BCUT2D eigenvalue weighted by molar-refractivity contribution is 0.214. The van der Waals surface area contributed by atoms with E-state index < -0.39 is 0 Å². The van der Waals surface area contributed by atoms with Crippen molar-refractivity contribution in [2.24, 2.45) is 10.3 Å². The molecule has 0 amide bonds. The SMILES string of the molecule is CO/N=C\c1ccccc1C/C=N/OC. The predicted molar refractivity (Wildman–Crippen MR) is 60.3 cm³/mol. The van der Waals surface area contributed by atoms with Crippen molar-refractivity contribution in [2.75, 3.05) is 14.2 Å². The zero-order valence-corrected chi connectivity index (χ0v) is 8.88. The van der Waals surface area contributed by atoms with Gasteiger partial charge in [0.25, 0.3) is 0 Å². The molecule has 0 saturated carbocycles. The van der Waals surface area contributed by atoms with Crippen molar-refractivity contribution < 1.29 is 9.68 Å². The summed E-state index contributed by atoms with van der Waals surface area (Å²) in [6, 6.07) is 7.91. The summed E-state index contributed by atoms with van der Waals surface area (Å²) in [5, 5.41) is 7.42. The van der Waals surface area contributed by atoms with E-state index in [-0.39, 0.29) is 0 Å². The van der Waals surface area contributed by atoms with Gasteiger partial charge in [-0.1, -0.05) is 34.6 Å². The molecule has 15 heavy (non-hydrogen) atoms. The molecule has 0 aliphatic heterocycles. The van der Waals surface area contributed by atoms with Crippen LogP contribution >= 0.6 is 0 Å². The summed E-state index contributed by atoms with van der Waals surface area (Å²) < 4.78 is 0. The number of rotatable bonds is 5. The summed E-state index contributed by atoms with van der Waals surface area (Å²) in [7, 11) is 3.04. The molecule has 0 atom stereocenters. The third kappa shape index (κ3) is 3.81. The Morgan fingerprint density at radius 1 is 1.13 bits per heavy atom. The lowest BCUT2D eigenvalue weighted by atomic mass is 10.1. The first-order valence-corrected chi connectivity index (χ1v) is 4.58. The van der Waals surface area contributed by atoms with Gasteiger partial charge in [0.1, 0.15) is 14.2 Å².